The number of carbonyl (C=O) groups is 2. The van der Waals surface area contributed by atoms with E-state index in [-0.39, 0.29) is 29.2 Å². The van der Waals surface area contributed by atoms with Crippen molar-refractivity contribution in [1.29, 1.82) is 5.26 Å². The molecule has 2 heterocycles. The Bertz CT molecular complexity index is 1790. The minimum absolute atomic E-state index is 0.105. The maximum Gasteiger partial charge on any atom is 0.408 e. The van der Waals surface area contributed by atoms with Crippen LogP contribution in [0.3, 0.4) is 0 Å². The number of nitriles is 1. The summed E-state index contributed by atoms with van der Waals surface area (Å²) in [7, 11) is 0. The van der Waals surface area contributed by atoms with Crippen LogP contribution in [0.2, 0.25) is 0 Å². The molecule has 0 saturated heterocycles. The van der Waals surface area contributed by atoms with Crippen molar-refractivity contribution in [3.05, 3.63) is 72.3 Å². The molecule has 2 aromatic carbocycles. The van der Waals surface area contributed by atoms with Crippen LogP contribution in [0.25, 0.3) is 22.3 Å². The van der Waals surface area contributed by atoms with Crippen molar-refractivity contribution in [2.75, 3.05) is 5.73 Å². The molecule has 45 heavy (non-hydrogen) atoms. The molecule has 12 nitrogen and oxygen atoms in total. The highest BCUT2D eigenvalue weighted by molar-refractivity contribution is 5.99. The molecule has 0 unspecified atom stereocenters. The van der Waals surface area contributed by atoms with Crippen LogP contribution in [0.5, 0.6) is 11.5 Å². The number of nitrogen functional groups attached to an aromatic ring is 1. The fraction of sp³-hybridized carbons (Fsp3) is 0.312. The lowest BCUT2D eigenvalue weighted by Crippen LogP contribution is -2.45. The zero-order valence-electron chi connectivity index (χ0n) is 25.9. The largest absolute Gasteiger partial charge is 0.457 e. The summed E-state index contributed by atoms with van der Waals surface area (Å²) in [5.41, 5.74) is 4.90. The van der Waals surface area contributed by atoms with Crippen LogP contribution < -0.4 is 21.1 Å². The summed E-state index contributed by atoms with van der Waals surface area (Å²) in [6.07, 6.45) is 1.93. The SMILES string of the molecule is C[C@H](Cn1nc(-c2ccc(Oc3ccccc3)cc2F)c2c(N)ncnc21)NC(=O)/C(C#N)=C/C(C)(C)NC(=O)OC(C)(C)C. The fourth-order valence-electron chi connectivity index (χ4n) is 4.44. The summed E-state index contributed by atoms with van der Waals surface area (Å²) in [6.45, 7) is 10.3. The Morgan fingerprint density at radius 1 is 1.11 bits per heavy atom. The third-order valence-corrected chi connectivity index (χ3v) is 6.25. The first kappa shape index (κ1) is 32.4. The number of nitrogens with zero attached hydrogens (tertiary/aromatic N) is 5. The summed E-state index contributed by atoms with van der Waals surface area (Å²) < 4.78 is 27.9. The average molecular weight is 615 g/mol. The molecule has 4 rings (SSSR count). The van der Waals surface area contributed by atoms with Gasteiger partial charge in [0.2, 0.25) is 0 Å². The molecule has 0 spiro atoms. The van der Waals surface area contributed by atoms with Gasteiger partial charge in [0.05, 0.1) is 17.5 Å². The molecule has 0 aliphatic rings. The summed E-state index contributed by atoms with van der Waals surface area (Å²) in [4.78, 5) is 33.6. The molecule has 0 radical (unpaired) electrons. The first-order chi connectivity index (χ1) is 21.2. The molecule has 234 valence electrons. The van der Waals surface area contributed by atoms with Crippen LogP contribution in [0.4, 0.5) is 15.0 Å². The molecule has 4 aromatic rings. The van der Waals surface area contributed by atoms with Gasteiger partial charge in [-0.3, -0.25) is 4.79 Å². The second-order valence-corrected chi connectivity index (χ2v) is 11.9. The number of nitrogens with one attached hydrogen (secondary N) is 2. The number of benzene rings is 2. The molecule has 0 fully saturated rings. The quantitative estimate of drug-likeness (QED) is 0.168. The van der Waals surface area contributed by atoms with Gasteiger partial charge < -0.3 is 25.8 Å². The van der Waals surface area contributed by atoms with Crippen LogP contribution in [0.15, 0.2) is 66.5 Å². The van der Waals surface area contributed by atoms with Crippen LogP contribution >= 0.6 is 0 Å². The van der Waals surface area contributed by atoms with Crippen LogP contribution in [0, 0.1) is 17.1 Å². The van der Waals surface area contributed by atoms with E-state index in [1.165, 1.54) is 29.2 Å². The van der Waals surface area contributed by atoms with Gasteiger partial charge in [-0.25, -0.2) is 23.8 Å². The van der Waals surface area contributed by atoms with Crippen LogP contribution in [0.1, 0.15) is 41.5 Å². The smallest absolute Gasteiger partial charge is 0.408 e. The van der Waals surface area contributed by atoms with Gasteiger partial charge in [0.1, 0.15) is 52.4 Å². The Labute approximate surface area is 260 Å². The maximum absolute atomic E-state index is 15.4. The number of ether oxygens (including phenoxy) is 2. The van der Waals surface area contributed by atoms with Gasteiger partial charge in [-0.05, 0) is 71.9 Å². The number of hydrogen-bond donors (Lipinski definition) is 3. The minimum atomic E-state index is -1.07. The Kier molecular flexibility index (Phi) is 9.37. The first-order valence-electron chi connectivity index (χ1n) is 14.1. The van der Waals surface area contributed by atoms with Gasteiger partial charge in [-0.15, -0.1) is 0 Å². The summed E-state index contributed by atoms with van der Waals surface area (Å²) in [5.74, 6) is -0.278. The van der Waals surface area contributed by atoms with Crippen molar-refractivity contribution in [3.63, 3.8) is 0 Å². The van der Waals surface area contributed by atoms with Crippen molar-refractivity contribution in [3.8, 4) is 28.8 Å². The number of hydrogen-bond acceptors (Lipinski definition) is 9. The Morgan fingerprint density at radius 3 is 2.47 bits per heavy atom. The third-order valence-electron chi connectivity index (χ3n) is 6.25. The van der Waals surface area contributed by atoms with Gasteiger partial charge in [-0.2, -0.15) is 10.4 Å². The number of alkyl carbamates (subject to hydrolysis) is 1. The lowest BCUT2D eigenvalue weighted by molar-refractivity contribution is -0.117. The van der Waals surface area contributed by atoms with E-state index in [9.17, 15) is 14.9 Å². The number of rotatable bonds is 9. The van der Waals surface area contributed by atoms with E-state index in [1.807, 2.05) is 24.3 Å². The number of anilines is 1. The van der Waals surface area contributed by atoms with Crippen LogP contribution in [-0.4, -0.2) is 48.9 Å². The molecule has 1 atom stereocenters. The number of para-hydroxylation sites is 1. The topological polar surface area (TPSA) is 170 Å². The van der Waals surface area contributed by atoms with E-state index < -0.39 is 35.0 Å². The van der Waals surface area contributed by atoms with E-state index in [0.717, 1.165) is 0 Å². The molecule has 13 heteroatoms. The molecule has 2 amide bonds. The summed E-state index contributed by atoms with van der Waals surface area (Å²) >= 11 is 0. The van der Waals surface area contributed by atoms with E-state index in [4.69, 9.17) is 15.2 Å². The number of carbonyl (C=O) groups excluding carboxylic acids is 2. The van der Waals surface area contributed by atoms with Crippen molar-refractivity contribution in [1.82, 2.24) is 30.4 Å². The zero-order valence-corrected chi connectivity index (χ0v) is 25.9. The molecule has 0 saturated carbocycles. The van der Waals surface area contributed by atoms with Gasteiger partial charge in [0.25, 0.3) is 5.91 Å². The minimum Gasteiger partial charge on any atom is -0.457 e. The third kappa shape index (κ3) is 8.32. The number of aromatic nitrogens is 4. The number of halogens is 1. The van der Waals surface area contributed by atoms with E-state index >= 15 is 4.39 Å². The molecular formula is C32H35FN8O4. The van der Waals surface area contributed by atoms with Crippen LogP contribution in [-0.2, 0) is 16.1 Å². The predicted octanol–water partition coefficient (Wildman–Crippen LogP) is 5.26. The Balaban J connectivity index is 1.54. The molecular weight excluding hydrogens is 579 g/mol. The molecule has 0 bridgehead atoms. The number of amides is 2. The first-order valence-corrected chi connectivity index (χ1v) is 14.1. The van der Waals surface area contributed by atoms with Crippen molar-refractivity contribution < 1.29 is 23.5 Å². The fourth-order valence-corrected chi connectivity index (χ4v) is 4.44. The highest BCUT2D eigenvalue weighted by atomic mass is 19.1. The van der Waals surface area contributed by atoms with Gasteiger partial charge >= 0.3 is 6.09 Å². The number of nitrogens with two attached hydrogens (primary N) is 1. The van der Waals surface area contributed by atoms with Crippen molar-refractivity contribution in [2.24, 2.45) is 0 Å². The standard InChI is InChI=1S/C32H35FN8O4/c1-19(38-29(42)20(16-34)15-32(5,6)39-30(43)45-31(2,3)4)17-41-28-25(27(35)36-18-37-28)26(40-41)23-13-12-22(14-24(23)33)44-21-10-8-7-9-11-21/h7-15,18-19H,17H2,1-6H3,(H,38,42)(H,39,43)(H2,35,36,37)/b20-15+/t19-/m1/s1. The van der Waals surface area contributed by atoms with Gasteiger partial charge in [-0.1, -0.05) is 18.2 Å². The summed E-state index contributed by atoms with van der Waals surface area (Å²) in [6, 6.07) is 14.7. The highest BCUT2D eigenvalue weighted by Crippen LogP contribution is 2.34. The molecule has 4 N–H and O–H groups in total. The van der Waals surface area contributed by atoms with Crippen molar-refractivity contribution >= 4 is 28.9 Å². The van der Waals surface area contributed by atoms with E-state index in [1.54, 1.807) is 59.7 Å². The number of fused-ring (bicyclic) bond motifs is 1. The normalized spacial score (nSPS) is 12.7. The zero-order chi connectivity index (χ0) is 32.9. The monoisotopic (exact) mass is 614 g/mol. The average Bonchev–Trinajstić information content (AvgIpc) is 3.29. The second kappa shape index (κ2) is 13.0. The Morgan fingerprint density at radius 2 is 1.82 bits per heavy atom. The lowest BCUT2D eigenvalue weighted by atomic mass is 10.0. The summed E-state index contributed by atoms with van der Waals surface area (Å²) in [5, 5.41) is 20.0. The maximum atomic E-state index is 15.4. The van der Waals surface area contributed by atoms with E-state index in [0.29, 0.717) is 22.5 Å². The molecule has 0 aliphatic heterocycles. The lowest BCUT2D eigenvalue weighted by Gasteiger charge is -2.26. The molecule has 0 aliphatic carbocycles. The van der Waals surface area contributed by atoms with E-state index in [2.05, 4.69) is 25.7 Å². The molecule has 2 aromatic heterocycles. The van der Waals surface area contributed by atoms with Gasteiger partial charge in [0, 0.05) is 17.7 Å². The predicted molar refractivity (Wildman–Crippen MR) is 166 cm³/mol. The highest BCUT2D eigenvalue weighted by Gasteiger charge is 2.26. The Hall–Kier alpha value is -5.51. The van der Waals surface area contributed by atoms with Crippen molar-refractivity contribution in [2.45, 2.75) is 65.3 Å². The second-order valence-electron chi connectivity index (χ2n) is 11.9. The van der Waals surface area contributed by atoms with Gasteiger partial charge in [0.15, 0.2) is 5.65 Å².